The van der Waals surface area contributed by atoms with Crippen molar-refractivity contribution >= 4 is 27.5 Å². The zero-order chi connectivity index (χ0) is 19.5. The van der Waals surface area contributed by atoms with Crippen LogP contribution in [0.5, 0.6) is 0 Å². The van der Waals surface area contributed by atoms with Gasteiger partial charge in [0.15, 0.2) is 5.78 Å². The number of ketones is 1. The van der Waals surface area contributed by atoms with Crippen LogP contribution in [0.15, 0.2) is 23.1 Å². The highest BCUT2D eigenvalue weighted by Crippen LogP contribution is 2.24. The number of hydrogen-bond donors (Lipinski definition) is 1. The van der Waals surface area contributed by atoms with Gasteiger partial charge in [-0.05, 0) is 39.0 Å². The van der Waals surface area contributed by atoms with E-state index in [2.05, 4.69) is 0 Å². The maximum absolute atomic E-state index is 13.0. The Kier molecular flexibility index (Phi) is 6.25. The standard InChI is InChI=1S/C17H26N4O4S/c1-4-19(5-2)17(23)20-8-10-21(11-9-20)26(24,25)16-7-6-14(18)12-15(16)13(3)22/h6-7,12H,4-5,8-11,18H2,1-3H3. The van der Waals surface area contributed by atoms with E-state index >= 15 is 0 Å². The highest BCUT2D eigenvalue weighted by Gasteiger charge is 2.33. The molecule has 0 spiro atoms. The van der Waals surface area contributed by atoms with Crippen LogP contribution in [0.1, 0.15) is 31.1 Å². The van der Waals surface area contributed by atoms with Gasteiger partial charge >= 0.3 is 6.03 Å². The van der Waals surface area contributed by atoms with Gasteiger partial charge in [0.2, 0.25) is 10.0 Å². The number of carbonyl (C=O) groups excluding carboxylic acids is 2. The molecule has 1 aliphatic rings. The molecule has 9 heteroatoms. The summed E-state index contributed by atoms with van der Waals surface area (Å²) in [6, 6.07) is 4.15. The summed E-state index contributed by atoms with van der Waals surface area (Å²) in [6.07, 6.45) is 0. The third kappa shape index (κ3) is 3.99. The number of hydrogen-bond acceptors (Lipinski definition) is 5. The Morgan fingerprint density at radius 1 is 1.12 bits per heavy atom. The molecule has 0 radical (unpaired) electrons. The van der Waals surface area contributed by atoms with Crippen LogP contribution >= 0.6 is 0 Å². The molecule has 0 unspecified atom stereocenters. The number of anilines is 1. The smallest absolute Gasteiger partial charge is 0.320 e. The molecule has 0 atom stereocenters. The van der Waals surface area contributed by atoms with E-state index in [1.165, 1.54) is 29.4 Å². The van der Waals surface area contributed by atoms with Crippen molar-refractivity contribution in [3.8, 4) is 0 Å². The van der Waals surface area contributed by atoms with Gasteiger partial charge in [0.25, 0.3) is 0 Å². The molecule has 2 amide bonds. The van der Waals surface area contributed by atoms with Gasteiger partial charge in [0.1, 0.15) is 0 Å². The van der Waals surface area contributed by atoms with Gasteiger partial charge in [-0.1, -0.05) is 0 Å². The van der Waals surface area contributed by atoms with Crippen LogP contribution in [0.3, 0.4) is 0 Å². The van der Waals surface area contributed by atoms with Crippen molar-refractivity contribution in [3.63, 3.8) is 0 Å². The van der Waals surface area contributed by atoms with Crippen molar-refractivity contribution in [1.29, 1.82) is 0 Å². The van der Waals surface area contributed by atoms with E-state index < -0.39 is 10.0 Å². The van der Waals surface area contributed by atoms with E-state index in [9.17, 15) is 18.0 Å². The minimum Gasteiger partial charge on any atom is -0.399 e. The lowest BCUT2D eigenvalue weighted by Crippen LogP contribution is -2.54. The molecule has 1 heterocycles. The van der Waals surface area contributed by atoms with Gasteiger partial charge in [-0.25, -0.2) is 13.2 Å². The molecular formula is C17H26N4O4S. The lowest BCUT2D eigenvalue weighted by Gasteiger charge is -2.36. The first kappa shape index (κ1) is 20.2. The van der Waals surface area contributed by atoms with Crippen LogP contribution in [-0.4, -0.2) is 73.6 Å². The highest BCUT2D eigenvalue weighted by atomic mass is 32.2. The molecule has 0 aliphatic carbocycles. The maximum atomic E-state index is 13.0. The predicted octanol–water partition coefficient (Wildman–Crippen LogP) is 1.24. The Labute approximate surface area is 154 Å². The zero-order valence-corrected chi connectivity index (χ0v) is 16.3. The molecule has 1 fully saturated rings. The minimum absolute atomic E-state index is 0.0391. The number of sulfonamides is 1. The average molecular weight is 382 g/mol. The van der Waals surface area contributed by atoms with Gasteiger partial charge in [0.05, 0.1) is 4.90 Å². The Morgan fingerprint density at radius 2 is 1.69 bits per heavy atom. The fourth-order valence-electron chi connectivity index (χ4n) is 3.00. The highest BCUT2D eigenvalue weighted by molar-refractivity contribution is 7.89. The summed E-state index contributed by atoms with van der Waals surface area (Å²) in [5.41, 5.74) is 6.11. The van der Waals surface area contributed by atoms with Crippen LogP contribution in [0, 0.1) is 0 Å². The summed E-state index contributed by atoms with van der Waals surface area (Å²) < 4.78 is 27.2. The Morgan fingerprint density at radius 3 is 2.19 bits per heavy atom. The third-order valence-electron chi connectivity index (χ3n) is 4.54. The van der Waals surface area contributed by atoms with Gasteiger partial charge < -0.3 is 15.5 Å². The molecule has 1 aromatic carbocycles. The zero-order valence-electron chi connectivity index (χ0n) is 15.4. The molecule has 0 aromatic heterocycles. The van der Waals surface area contributed by atoms with Crippen LogP contribution in [0.25, 0.3) is 0 Å². The number of rotatable bonds is 5. The minimum atomic E-state index is -3.83. The van der Waals surface area contributed by atoms with E-state index in [1.54, 1.807) is 9.80 Å². The summed E-state index contributed by atoms with van der Waals surface area (Å²) in [5, 5.41) is 0. The molecule has 2 rings (SSSR count). The quantitative estimate of drug-likeness (QED) is 0.609. The van der Waals surface area contributed by atoms with Crippen molar-refractivity contribution in [2.75, 3.05) is 45.0 Å². The van der Waals surface area contributed by atoms with Gasteiger partial charge in [-0.2, -0.15) is 4.31 Å². The number of carbonyl (C=O) groups is 2. The predicted molar refractivity (Wildman–Crippen MR) is 99.5 cm³/mol. The van der Waals surface area contributed by atoms with E-state index in [0.717, 1.165) is 0 Å². The first-order valence-corrected chi connectivity index (χ1v) is 10.1. The van der Waals surface area contributed by atoms with E-state index in [0.29, 0.717) is 31.9 Å². The summed E-state index contributed by atoms with van der Waals surface area (Å²) in [7, 11) is -3.83. The van der Waals surface area contributed by atoms with Crippen molar-refractivity contribution in [1.82, 2.24) is 14.1 Å². The molecule has 1 aliphatic heterocycles. The molecular weight excluding hydrogens is 356 g/mol. The van der Waals surface area contributed by atoms with Gasteiger partial charge in [0, 0.05) is 50.5 Å². The van der Waals surface area contributed by atoms with Crippen molar-refractivity contribution in [3.05, 3.63) is 23.8 Å². The van der Waals surface area contributed by atoms with E-state index in [4.69, 9.17) is 5.73 Å². The Hall–Kier alpha value is -2.13. The summed E-state index contributed by atoms with van der Waals surface area (Å²) in [6.45, 7) is 7.38. The lowest BCUT2D eigenvalue weighted by molar-refractivity contribution is 0.101. The van der Waals surface area contributed by atoms with E-state index in [-0.39, 0.29) is 35.4 Å². The maximum Gasteiger partial charge on any atom is 0.320 e. The molecule has 2 N–H and O–H groups in total. The van der Waals surface area contributed by atoms with Crippen molar-refractivity contribution in [2.24, 2.45) is 0 Å². The molecule has 1 aromatic rings. The number of nitrogen functional groups attached to an aromatic ring is 1. The molecule has 0 bridgehead atoms. The Balaban J connectivity index is 2.19. The van der Waals surface area contributed by atoms with Gasteiger partial charge in [-0.3, -0.25) is 4.79 Å². The molecule has 0 saturated carbocycles. The summed E-state index contributed by atoms with van der Waals surface area (Å²) >= 11 is 0. The number of amides is 2. The number of Topliss-reactive ketones (excluding diaryl/α,β-unsaturated/α-hetero) is 1. The molecule has 26 heavy (non-hydrogen) atoms. The second-order valence-electron chi connectivity index (χ2n) is 6.16. The number of nitrogens with zero attached hydrogens (tertiary/aromatic N) is 3. The fourth-order valence-corrected chi connectivity index (χ4v) is 4.64. The number of piperazine rings is 1. The van der Waals surface area contributed by atoms with Gasteiger partial charge in [-0.15, -0.1) is 0 Å². The lowest BCUT2D eigenvalue weighted by atomic mass is 10.1. The average Bonchev–Trinajstić information content (AvgIpc) is 2.62. The van der Waals surface area contributed by atoms with Crippen LogP contribution in [-0.2, 0) is 10.0 Å². The second kappa shape index (κ2) is 8.05. The number of benzene rings is 1. The molecule has 8 nitrogen and oxygen atoms in total. The van der Waals surface area contributed by atoms with Crippen LogP contribution in [0.2, 0.25) is 0 Å². The number of urea groups is 1. The first-order chi connectivity index (χ1) is 12.2. The molecule has 1 saturated heterocycles. The fraction of sp³-hybridized carbons (Fsp3) is 0.529. The molecule has 144 valence electrons. The van der Waals surface area contributed by atoms with Crippen molar-refractivity contribution < 1.29 is 18.0 Å². The topological polar surface area (TPSA) is 104 Å². The SMILES string of the molecule is CCN(CC)C(=O)N1CCN(S(=O)(=O)c2ccc(N)cc2C(C)=O)CC1. The number of nitrogens with two attached hydrogens (primary N) is 1. The normalized spacial score (nSPS) is 15.7. The third-order valence-corrected chi connectivity index (χ3v) is 6.50. The summed E-state index contributed by atoms with van der Waals surface area (Å²) in [5.74, 6) is -0.355. The summed E-state index contributed by atoms with van der Waals surface area (Å²) in [4.78, 5) is 27.6. The van der Waals surface area contributed by atoms with Crippen LogP contribution in [0.4, 0.5) is 10.5 Å². The first-order valence-electron chi connectivity index (χ1n) is 8.66. The Bertz CT molecular complexity index is 782. The second-order valence-corrected chi connectivity index (χ2v) is 8.06. The van der Waals surface area contributed by atoms with E-state index in [1.807, 2.05) is 13.8 Å². The van der Waals surface area contributed by atoms with Crippen LogP contribution < -0.4 is 5.73 Å². The largest absolute Gasteiger partial charge is 0.399 e. The van der Waals surface area contributed by atoms with Crippen molar-refractivity contribution in [2.45, 2.75) is 25.7 Å². The monoisotopic (exact) mass is 382 g/mol.